The van der Waals surface area contributed by atoms with Crippen LogP contribution in [0, 0.1) is 5.92 Å². The monoisotopic (exact) mass is 280 g/mol. The number of anilines is 1. The Balaban J connectivity index is 1.91. The molecule has 0 bridgehead atoms. The average Bonchev–Trinajstić information content (AvgIpc) is 2.93. The zero-order chi connectivity index (χ0) is 14.4. The lowest BCUT2D eigenvalue weighted by molar-refractivity contribution is -0.117. The molecule has 2 aromatic rings. The fraction of sp³-hybridized carbons (Fsp3) is 0.312. The second-order valence-corrected chi connectivity index (χ2v) is 5.80. The highest BCUT2D eigenvalue weighted by molar-refractivity contribution is 5.99. The lowest BCUT2D eigenvalue weighted by Gasteiger charge is -2.34. The van der Waals surface area contributed by atoms with Crippen LogP contribution in [0.25, 0.3) is 0 Å². The van der Waals surface area contributed by atoms with Crippen LogP contribution in [0.5, 0.6) is 0 Å². The molecule has 1 aromatic heterocycles. The molecule has 0 saturated heterocycles. The highest BCUT2D eigenvalue weighted by atomic mass is 16.1. The van der Waals surface area contributed by atoms with E-state index >= 15 is 0 Å². The van der Waals surface area contributed by atoms with Crippen molar-refractivity contribution in [1.82, 2.24) is 14.8 Å². The van der Waals surface area contributed by atoms with Gasteiger partial charge in [-0.2, -0.15) is 10.1 Å². The van der Waals surface area contributed by atoms with E-state index in [2.05, 4.69) is 22.3 Å². The molecule has 2 atom stereocenters. The van der Waals surface area contributed by atoms with Crippen molar-refractivity contribution < 1.29 is 4.79 Å². The molecule has 2 heterocycles. The van der Waals surface area contributed by atoms with Crippen LogP contribution >= 0.6 is 0 Å². The maximum Gasteiger partial charge on any atom is 0.226 e. The largest absolute Gasteiger partial charge is 0.328 e. The molecule has 0 amide bonds. The maximum atomic E-state index is 12.6. The summed E-state index contributed by atoms with van der Waals surface area (Å²) in [4.78, 5) is 16.9. The number of aromatic nitrogens is 3. The zero-order valence-corrected chi connectivity index (χ0v) is 11.8. The van der Waals surface area contributed by atoms with E-state index in [0.29, 0.717) is 18.3 Å². The van der Waals surface area contributed by atoms with Gasteiger partial charge in [0.2, 0.25) is 5.95 Å². The summed E-state index contributed by atoms with van der Waals surface area (Å²) in [7, 11) is 0. The third-order valence-corrected chi connectivity index (χ3v) is 4.18. The molecule has 106 valence electrons. The molecule has 1 N–H and O–H groups in total. The van der Waals surface area contributed by atoms with Gasteiger partial charge in [0, 0.05) is 17.7 Å². The lowest BCUT2D eigenvalue weighted by atomic mass is 9.81. The number of rotatable bonds is 1. The number of fused-ring (bicyclic) bond motifs is 1. The summed E-state index contributed by atoms with van der Waals surface area (Å²) in [5.74, 6) is 1.30. The molecule has 1 aromatic carbocycles. The summed E-state index contributed by atoms with van der Waals surface area (Å²) in [6.07, 6.45) is 3.02. The standard InChI is InChI=1S/C16H16N4O/c1-10-7-12-14(13(21)8-10)15(11-5-3-2-4-6-11)20-16(19-12)17-9-18-20/h2-6,9-10,15H,7-8H2,1H3,(H,17,18,19)/t10-,15-/m1/s1. The van der Waals surface area contributed by atoms with Crippen LogP contribution in [0.3, 0.4) is 0 Å². The minimum Gasteiger partial charge on any atom is -0.328 e. The number of Topliss-reactive ketones (excluding diaryl/α,β-unsaturated/α-hetero) is 1. The van der Waals surface area contributed by atoms with Gasteiger partial charge in [0.05, 0.1) is 0 Å². The van der Waals surface area contributed by atoms with Crippen LogP contribution < -0.4 is 5.32 Å². The first-order valence-corrected chi connectivity index (χ1v) is 7.21. The van der Waals surface area contributed by atoms with E-state index in [-0.39, 0.29) is 11.8 Å². The zero-order valence-electron chi connectivity index (χ0n) is 11.8. The molecule has 0 spiro atoms. The molecule has 1 aliphatic heterocycles. The summed E-state index contributed by atoms with van der Waals surface area (Å²) in [6, 6.07) is 9.87. The van der Waals surface area contributed by atoms with Gasteiger partial charge in [0.25, 0.3) is 0 Å². The Morgan fingerprint density at radius 2 is 2.05 bits per heavy atom. The molecular formula is C16H16N4O. The molecule has 5 heteroatoms. The van der Waals surface area contributed by atoms with E-state index in [0.717, 1.165) is 23.3 Å². The fourth-order valence-electron chi connectivity index (χ4n) is 3.29. The van der Waals surface area contributed by atoms with Gasteiger partial charge in [-0.05, 0) is 17.9 Å². The van der Waals surface area contributed by atoms with Gasteiger partial charge in [-0.1, -0.05) is 37.3 Å². The summed E-state index contributed by atoms with van der Waals surface area (Å²) in [6.45, 7) is 2.11. The number of benzene rings is 1. The van der Waals surface area contributed by atoms with Crippen molar-refractivity contribution in [3.63, 3.8) is 0 Å². The minimum atomic E-state index is -0.167. The van der Waals surface area contributed by atoms with Crippen molar-refractivity contribution in [1.29, 1.82) is 0 Å². The second kappa shape index (κ2) is 4.55. The predicted molar refractivity (Wildman–Crippen MR) is 78.7 cm³/mol. The van der Waals surface area contributed by atoms with E-state index in [1.54, 1.807) is 0 Å². The first-order valence-electron chi connectivity index (χ1n) is 7.21. The van der Waals surface area contributed by atoms with Crippen LogP contribution in [-0.4, -0.2) is 20.5 Å². The van der Waals surface area contributed by atoms with Gasteiger partial charge in [-0.3, -0.25) is 4.79 Å². The van der Waals surface area contributed by atoms with Crippen LogP contribution in [-0.2, 0) is 4.79 Å². The molecule has 0 fully saturated rings. The van der Waals surface area contributed by atoms with Crippen LogP contribution in [0.1, 0.15) is 31.4 Å². The Hall–Kier alpha value is -2.43. The maximum absolute atomic E-state index is 12.6. The second-order valence-electron chi connectivity index (χ2n) is 5.80. The van der Waals surface area contributed by atoms with Gasteiger partial charge in [0.1, 0.15) is 12.4 Å². The van der Waals surface area contributed by atoms with Crippen molar-refractivity contribution in [3.8, 4) is 0 Å². The summed E-state index contributed by atoms with van der Waals surface area (Å²) >= 11 is 0. The number of hydrogen-bond donors (Lipinski definition) is 1. The SMILES string of the molecule is C[C@H]1CC(=O)C2=C(C1)Nc1ncnn1[C@@H]2c1ccccc1. The number of allylic oxidation sites excluding steroid dienone is 2. The topological polar surface area (TPSA) is 59.8 Å². The number of ketones is 1. The third-order valence-electron chi connectivity index (χ3n) is 4.18. The third kappa shape index (κ3) is 1.88. The number of nitrogens with one attached hydrogen (secondary N) is 1. The van der Waals surface area contributed by atoms with Crippen molar-refractivity contribution in [3.05, 3.63) is 53.5 Å². The van der Waals surface area contributed by atoms with Crippen molar-refractivity contribution in [2.24, 2.45) is 5.92 Å². The summed E-state index contributed by atoms with van der Waals surface area (Å²) in [5, 5.41) is 7.60. The number of nitrogens with zero attached hydrogens (tertiary/aromatic N) is 3. The van der Waals surface area contributed by atoms with Crippen molar-refractivity contribution in [2.75, 3.05) is 5.32 Å². The number of hydrogen-bond acceptors (Lipinski definition) is 4. The summed E-state index contributed by atoms with van der Waals surface area (Å²) < 4.78 is 1.81. The van der Waals surface area contributed by atoms with Crippen LogP contribution in [0.4, 0.5) is 5.95 Å². The first kappa shape index (κ1) is 12.3. The molecular weight excluding hydrogens is 264 g/mol. The van der Waals surface area contributed by atoms with Gasteiger partial charge in [-0.15, -0.1) is 0 Å². The van der Waals surface area contributed by atoms with Gasteiger partial charge in [-0.25, -0.2) is 4.68 Å². The molecule has 0 radical (unpaired) electrons. The van der Waals surface area contributed by atoms with Crippen LogP contribution in [0.15, 0.2) is 47.9 Å². The van der Waals surface area contributed by atoms with E-state index < -0.39 is 0 Å². The Morgan fingerprint density at radius 3 is 2.86 bits per heavy atom. The Morgan fingerprint density at radius 1 is 1.24 bits per heavy atom. The van der Waals surface area contributed by atoms with Gasteiger partial charge in [0.15, 0.2) is 5.78 Å². The first-order chi connectivity index (χ1) is 10.2. The Kier molecular flexibility index (Phi) is 2.67. The number of carbonyl (C=O) groups excluding carboxylic acids is 1. The quantitative estimate of drug-likeness (QED) is 0.872. The van der Waals surface area contributed by atoms with Crippen LogP contribution in [0.2, 0.25) is 0 Å². The number of carbonyl (C=O) groups is 1. The summed E-state index contributed by atoms with van der Waals surface area (Å²) in [5.41, 5.74) is 2.92. The predicted octanol–water partition coefficient (Wildman–Crippen LogP) is 2.55. The molecule has 0 unspecified atom stereocenters. The van der Waals surface area contributed by atoms with Gasteiger partial charge < -0.3 is 5.32 Å². The van der Waals surface area contributed by atoms with E-state index in [1.807, 2.05) is 35.0 Å². The van der Waals surface area contributed by atoms with Crippen molar-refractivity contribution in [2.45, 2.75) is 25.8 Å². The minimum absolute atomic E-state index is 0.167. The highest BCUT2D eigenvalue weighted by Gasteiger charge is 2.37. The van der Waals surface area contributed by atoms with E-state index in [1.165, 1.54) is 6.33 Å². The van der Waals surface area contributed by atoms with Gasteiger partial charge >= 0.3 is 0 Å². The fourth-order valence-corrected chi connectivity index (χ4v) is 3.29. The molecule has 1 aliphatic carbocycles. The van der Waals surface area contributed by atoms with E-state index in [9.17, 15) is 4.79 Å². The van der Waals surface area contributed by atoms with Crippen molar-refractivity contribution >= 4 is 11.7 Å². The Labute approximate surface area is 122 Å². The molecule has 5 nitrogen and oxygen atoms in total. The molecule has 2 aliphatic rings. The Bertz CT molecular complexity index is 732. The highest BCUT2D eigenvalue weighted by Crippen LogP contribution is 2.40. The van der Waals surface area contributed by atoms with E-state index in [4.69, 9.17) is 0 Å². The normalized spacial score (nSPS) is 24.3. The molecule has 21 heavy (non-hydrogen) atoms. The molecule has 0 saturated carbocycles. The average molecular weight is 280 g/mol. The smallest absolute Gasteiger partial charge is 0.226 e. The lowest BCUT2D eigenvalue weighted by Crippen LogP contribution is -2.33. The molecule has 4 rings (SSSR count).